The number of nitrogens with zero attached hydrogens (tertiary/aromatic N) is 3. The van der Waals surface area contributed by atoms with Gasteiger partial charge in [0.05, 0.1) is 27.8 Å². The van der Waals surface area contributed by atoms with Gasteiger partial charge in [-0.2, -0.15) is 10.1 Å². The van der Waals surface area contributed by atoms with Gasteiger partial charge in [0.1, 0.15) is 0 Å². The Labute approximate surface area is 175 Å². The number of fused-ring (bicyclic) bond motifs is 1. The summed E-state index contributed by atoms with van der Waals surface area (Å²) < 4.78 is 5.16. The van der Waals surface area contributed by atoms with Crippen LogP contribution in [0.1, 0.15) is 36.6 Å². The lowest BCUT2D eigenvalue weighted by Crippen LogP contribution is -2.24. The van der Waals surface area contributed by atoms with Crippen LogP contribution >= 0.6 is 0 Å². The van der Waals surface area contributed by atoms with E-state index in [0.717, 1.165) is 12.3 Å². The number of benzene rings is 3. The van der Waals surface area contributed by atoms with Crippen molar-refractivity contribution in [2.24, 2.45) is 5.10 Å². The summed E-state index contributed by atoms with van der Waals surface area (Å²) in [5, 5.41) is 16.0. The number of amides is 2. The molecule has 0 N–H and O–H groups in total. The van der Waals surface area contributed by atoms with E-state index in [9.17, 15) is 24.5 Å². The molecule has 0 fully saturated rings. The van der Waals surface area contributed by atoms with Crippen LogP contribution in [0.15, 0.2) is 77.9 Å². The molecule has 4 rings (SSSR count). The maximum atomic E-state index is 12.3. The number of hydrogen-bond acceptors (Lipinski definition) is 7. The molecular formula is C22H13N3O6. The zero-order chi connectivity index (χ0) is 22.0. The lowest BCUT2D eigenvalue weighted by Gasteiger charge is -2.07. The third-order valence-electron chi connectivity index (χ3n) is 4.49. The summed E-state index contributed by atoms with van der Waals surface area (Å²) in [6, 6.07) is 18.2. The van der Waals surface area contributed by atoms with Gasteiger partial charge in [-0.3, -0.25) is 19.7 Å². The summed E-state index contributed by atoms with van der Waals surface area (Å²) in [5.74, 6) is -2.15. The van der Waals surface area contributed by atoms with Crippen molar-refractivity contribution in [3.8, 4) is 5.75 Å². The second-order valence-corrected chi connectivity index (χ2v) is 6.45. The Hall–Kier alpha value is -4.66. The standard InChI is InChI=1S/C22H13N3O6/c26-20-16-8-4-5-9-17(16)21(27)24(20)23-13-14-10-11-19(18(12-14)25(29)30)31-22(28)15-6-2-1-3-7-15/h1-13H/b23-13+. The van der Waals surface area contributed by atoms with Crippen LogP contribution < -0.4 is 4.74 Å². The highest BCUT2D eigenvalue weighted by Crippen LogP contribution is 2.29. The highest BCUT2D eigenvalue weighted by atomic mass is 16.6. The third-order valence-corrected chi connectivity index (χ3v) is 4.49. The fraction of sp³-hybridized carbons (Fsp3) is 0. The number of nitro benzene ring substituents is 1. The molecule has 1 aliphatic heterocycles. The highest BCUT2D eigenvalue weighted by molar-refractivity contribution is 6.21. The molecule has 0 aromatic heterocycles. The van der Waals surface area contributed by atoms with Gasteiger partial charge >= 0.3 is 11.7 Å². The maximum absolute atomic E-state index is 12.3. The molecule has 1 heterocycles. The van der Waals surface area contributed by atoms with Gasteiger partial charge in [-0.05, 0) is 36.4 Å². The molecule has 0 bridgehead atoms. The second-order valence-electron chi connectivity index (χ2n) is 6.45. The lowest BCUT2D eigenvalue weighted by molar-refractivity contribution is -0.385. The molecule has 2 amide bonds. The van der Waals surface area contributed by atoms with Crippen molar-refractivity contribution in [1.82, 2.24) is 5.01 Å². The fourth-order valence-corrected chi connectivity index (χ4v) is 2.98. The van der Waals surface area contributed by atoms with Crippen LogP contribution in [0, 0.1) is 10.1 Å². The molecule has 0 radical (unpaired) electrons. The van der Waals surface area contributed by atoms with Crippen LogP contribution in [0.4, 0.5) is 5.69 Å². The Kier molecular flexibility index (Phi) is 5.07. The summed E-state index contributed by atoms with van der Waals surface area (Å²) >= 11 is 0. The molecule has 0 atom stereocenters. The predicted octanol–water partition coefficient (Wildman–Crippen LogP) is 3.44. The molecule has 0 spiro atoms. The minimum atomic E-state index is -0.740. The first-order valence-electron chi connectivity index (χ1n) is 9.03. The minimum Gasteiger partial charge on any atom is -0.416 e. The number of esters is 1. The Morgan fingerprint density at radius 2 is 1.55 bits per heavy atom. The number of rotatable bonds is 5. The first kappa shape index (κ1) is 19.6. The van der Waals surface area contributed by atoms with Crippen LogP contribution in [-0.4, -0.2) is 33.9 Å². The van der Waals surface area contributed by atoms with Gasteiger partial charge in [-0.15, -0.1) is 0 Å². The molecule has 3 aromatic rings. The largest absolute Gasteiger partial charge is 0.416 e. The smallest absolute Gasteiger partial charge is 0.343 e. The van der Waals surface area contributed by atoms with Gasteiger partial charge < -0.3 is 4.74 Å². The molecule has 31 heavy (non-hydrogen) atoms. The SMILES string of the molecule is O=C(Oc1ccc(/C=N/N2C(=O)c3ccccc3C2=O)cc1[N+](=O)[O-])c1ccccc1. The van der Waals surface area contributed by atoms with Crippen molar-refractivity contribution < 1.29 is 24.0 Å². The molecule has 3 aromatic carbocycles. The molecule has 9 heteroatoms. The average molecular weight is 415 g/mol. The maximum Gasteiger partial charge on any atom is 0.343 e. The summed E-state index contributed by atoms with van der Waals surface area (Å²) in [6.45, 7) is 0. The van der Waals surface area contributed by atoms with E-state index in [1.54, 1.807) is 30.3 Å². The first-order valence-corrected chi connectivity index (χ1v) is 9.03. The normalized spacial score (nSPS) is 12.8. The van der Waals surface area contributed by atoms with Gasteiger partial charge in [0.15, 0.2) is 0 Å². The van der Waals surface area contributed by atoms with E-state index in [2.05, 4.69) is 5.10 Å². The number of hydrogen-bond donors (Lipinski definition) is 0. The summed E-state index contributed by atoms with van der Waals surface area (Å²) in [5.41, 5.74) is 0.490. The van der Waals surface area contributed by atoms with Crippen molar-refractivity contribution in [2.75, 3.05) is 0 Å². The molecule has 0 unspecified atom stereocenters. The molecular weight excluding hydrogens is 402 g/mol. The lowest BCUT2D eigenvalue weighted by atomic mass is 10.1. The predicted molar refractivity (Wildman–Crippen MR) is 109 cm³/mol. The topological polar surface area (TPSA) is 119 Å². The van der Waals surface area contributed by atoms with E-state index in [0.29, 0.717) is 5.01 Å². The van der Waals surface area contributed by atoms with E-state index in [4.69, 9.17) is 4.74 Å². The number of ether oxygens (including phenoxy) is 1. The zero-order valence-electron chi connectivity index (χ0n) is 15.8. The molecule has 0 saturated carbocycles. The summed E-state index contributed by atoms with van der Waals surface area (Å²) in [7, 11) is 0. The molecule has 152 valence electrons. The first-order chi connectivity index (χ1) is 15.0. The third kappa shape index (κ3) is 3.79. The number of carbonyl (C=O) groups is 3. The van der Waals surface area contributed by atoms with Crippen molar-refractivity contribution in [1.29, 1.82) is 0 Å². The number of imide groups is 1. The molecule has 9 nitrogen and oxygen atoms in total. The summed E-state index contributed by atoms with van der Waals surface area (Å²) in [4.78, 5) is 47.6. The Morgan fingerprint density at radius 3 is 2.16 bits per heavy atom. The van der Waals surface area contributed by atoms with Crippen LogP contribution in [0.25, 0.3) is 0 Å². The van der Waals surface area contributed by atoms with Gasteiger partial charge in [-0.25, -0.2) is 4.79 Å². The van der Waals surface area contributed by atoms with Gasteiger partial charge in [0.2, 0.25) is 5.75 Å². The quantitative estimate of drug-likeness (QED) is 0.157. The Bertz CT molecular complexity index is 1220. The molecule has 0 aliphatic carbocycles. The monoisotopic (exact) mass is 415 g/mol. The Balaban J connectivity index is 1.57. The van der Waals surface area contributed by atoms with Gasteiger partial charge in [0.25, 0.3) is 11.8 Å². The van der Waals surface area contributed by atoms with E-state index >= 15 is 0 Å². The van der Waals surface area contributed by atoms with Crippen molar-refractivity contribution in [3.05, 3.63) is 105 Å². The molecule has 0 saturated heterocycles. The van der Waals surface area contributed by atoms with Gasteiger partial charge in [0, 0.05) is 11.6 Å². The number of carbonyl (C=O) groups excluding carboxylic acids is 3. The zero-order valence-corrected chi connectivity index (χ0v) is 15.8. The minimum absolute atomic E-state index is 0.235. The number of nitro groups is 1. The number of hydrazone groups is 1. The van der Waals surface area contributed by atoms with E-state index in [1.807, 2.05) is 0 Å². The van der Waals surface area contributed by atoms with Crippen LogP contribution in [0.2, 0.25) is 0 Å². The van der Waals surface area contributed by atoms with Crippen LogP contribution in [0.3, 0.4) is 0 Å². The second kappa shape index (κ2) is 7.99. The van der Waals surface area contributed by atoms with Crippen LogP contribution in [-0.2, 0) is 0 Å². The summed E-state index contributed by atoms with van der Waals surface area (Å²) in [6.07, 6.45) is 1.15. The average Bonchev–Trinajstić information content (AvgIpc) is 3.03. The van der Waals surface area contributed by atoms with Gasteiger partial charge in [-0.1, -0.05) is 30.3 Å². The van der Waals surface area contributed by atoms with E-state index in [1.165, 1.54) is 36.4 Å². The highest BCUT2D eigenvalue weighted by Gasteiger charge is 2.35. The van der Waals surface area contributed by atoms with Crippen molar-refractivity contribution >= 4 is 29.7 Å². The van der Waals surface area contributed by atoms with Crippen molar-refractivity contribution in [3.63, 3.8) is 0 Å². The molecule has 1 aliphatic rings. The van der Waals surface area contributed by atoms with E-state index in [-0.39, 0.29) is 28.0 Å². The fourth-order valence-electron chi connectivity index (χ4n) is 2.98. The van der Waals surface area contributed by atoms with Crippen molar-refractivity contribution in [2.45, 2.75) is 0 Å². The Morgan fingerprint density at radius 1 is 0.935 bits per heavy atom. The van der Waals surface area contributed by atoms with Crippen LogP contribution in [0.5, 0.6) is 5.75 Å². The van der Waals surface area contributed by atoms with E-state index < -0.39 is 28.4 Å².